The van der Waals surface area contributed by atoms with Gasteiger partial charge >= 0.3 is 5.76 Å². The molecule has 0 saturated carbocycles. The van der Waals surface area contributed by atoms with Crippen LogP contribution in [0.2, 0.25) is 0 Å². The van der Waals surface area contributed by atoms with E-state index in [1.165, 1.54) is 18.1 Å². The summed E-state index contributed by atoms with van der Waals surface area (Å²) in [6, 6.07) is 8.13. The number of fused-ring (bicyclic) bond motifs is 1. The Morgan fingerprint density at radius 1 is 1.14 bits per heavy atom. The standard InChI is InChI=1S/C26H28N4O5/c1-16-10-18(12-20(14-28-33-5)24(16)32-4)21(8-6-7-9-23-29-27-15-34-23)19-11-17(2)25-22(13-19)30(3)26(31)35-25/h8,10-15H,6-7,9H2,1-5H3/b21-8-,28-14+. The van der Waals surface area contributed by atoms with Gasteiger partial charge in [0.1, 0.15) is 12.9 Å². The van der Waals surface area contributed by atoms with Crippen molar-refractivity contribution in [1.29, 1.82) is 0 Å². The number of methoxy groups -OCH3 is 1. The van der Waals surface area contributed by atoms with E-state index in [-0.39, 0.29) is 5.76 Å². The first-order valence-corrected chi connectivity index (χ1v) is 11.2. The van der Waals surface area contributed by atoms with Crippen LogP contribution in [0.15, 0.2) is 55.5 Å². The lowest BCUT2D eigenvalue weighted by atomic mass is 9.92. The Bertz CT molecular complexity index is 1440. The average Bonchev–Trinajstić information content (AvgIpc) is 3.46. The smallest absolute Gasteiger partial charge is 0.419 e. The first-order chi connectivity index (χ1) is 16.9. The molecule has 0 aliphatic heterocycles. The summed E-state index contributed by atoms with van der Waals surface area (Å²) in [5, 5.41) is 11.6. The predicted octanol–water partition coefficient (Wildman–Crippen LogP) is 4.57. The van der Waals surface area contributed by atoms with Crippen LogP contribution < -0.4 is 10.5 Å². The van der Waals surface area contributed by atoms with E-state index >= 15 is 0 Å². The number of oxime groups is 1. The summed E-state index contributed by atoms with van der Waals surface area (Å²) >= 11 is 0. The highest BCUT2D eigenvalue weighted by Gasteiger charge is 2.16. The van der Waals surface area contributed by atoms with Crippen LogP contribution in [0.25, 0.3) is 16.7 Å². The van der Waals surface area contributed by atoms with Gasteiger partial charge < -0.3 is 18.4 Å². The molecule has 9 nitrogen and oxygen atoms in total. The summed E-state index contributed by atoms with van der Waals surface area (Å²) in [6.07, 6.45) is 7.47. The molecule has 182 valence electrons. The Labute approximate surface area is 202 Å². The van der Waals surface area contributed by atoms with Crippen molar-refractivity contribution in [3.8, 4) is 5.75 Å². The molecule has 0 fully saturated rings. The van der Waals surface area contributed by atoms with Gasteiger partial charge in [-0.3, -0.25) is 4.57 Å². The van der Waals surface area contributed by atoms with Gasteiger partial charge in [0.25, 0.3) is 0 Å². The third-order valence-corrected chi connectivity index (χ3v) is 5.85. The van der Waals surface area contributed by atoms with Crippen molar-refractivity contribution in [2.75, 3.05) is 14.2 Å². The van der Waals surface area contributed by atoms with Crippen LogP contribution >= 0.6 is 0 Å². The topological polar surface area (TPSA) is 105 Å². The highest BCUT2D eigenvalue weighted by molar-refractivity contribution is 5.91. The van der Waals surface area contributed by atoms with Crippen LogP contribution in [-0.2, 0) is 18.3 Å². The van der Waals surface area contributed by atoms with Crippen molar-refractivity contribution in [1.82, 2.24) is 14.8 Å². The monoisotopic (exact) mass is 476 g/mol. The Balaban J connectivity index is 1.82. The summed E-state index contributed by atoms with van der Waals surface area (Å²) < 4.78 is 17.8. The summed E-state index contributed by atoms with van der Waals surface area (Å²) in [7, 11) is 4.85. The van der Waals surface area contributed by atoms with Crippen LogP contribution in [0.5, 0.6) is 5.75 Å². The molecule has 35 heavy (non-hydrogen) atoms. The predicted molar refractivity (Wildman–Crippen MR) is 133 cm³/mol. The molecule has 0 atom stereocenters. The number of hydrogen-bond acceptors (Lipinski definition) is 8. The first-order valence-electron chi connectivity index (χ1n) is 11.2. The molecular formula is C26H28N4O5. The van der Waals surface area contributed by atoms with Crippen molar-refractivity contribution in [2.45, 2.75) is 33.1 Å². The van der Waals surface area contributed by atoms with Crippen molar-refractivity contribution in [2.24, 2.45) is 12.2 Å². The van der Waals surface area contributed by atoms with Gasteiger partial charge in [0.05, 0.1) is 18.8 Å². The number of hydrogen-bond donors (Lipinski definition) is 0. The van der Waals surface area contributed by atoms with Gasteiger partial charge in [0.15, 0.2) is 5.58 Å². The minimum atomic E-state index is -0.385. The van der Waals surface area contributed by atoms with Gasteiger partial charge in [-0.2, -0.15) is 0 Å². The van der Waals surface area contributed by atoms with Gasteiger partial charge in [-0.15, -0.1) is 10.2 Å². The second-order valence-electron chi connectivity index (χ2n) is 8.24. The third-order valence-electron chi connectivity index (χ3n) is 5.85. The van der Waals surface area contributed by atoms with Gasteiger partial charge in [-0.05, 0) is 78.8 Å². The zero-order valence-corrected chi connectivity index (χ0v) is 20.5. The maximum Gasteiger partial charge on any atom is 0.419 e. The number of aryl methyl sites for hydroxylation is 4. The summed E-state index contributed by atoms with van der Waals surface area (Å²) in [5.74, 6) is 0.960. The lowest BCUT2D eigenvalue weighted by Gasteiger charge is -2.15. The second kappa shape index (κ2) is 10.4. The normalized spacial score (nSPS) is 12.1. The lowest BCUT2D eigenvalue weighted by molar-refractivity contribution is 0.215. The Kier molecular flexibility index (Phi) is 7.14. The Morgan fingerprint density at radius 3 is 2.63 bits per heavy atom. The number of aromatic nitrogens is 3. The molecule has 0 saturated heterocycles. The minimum absolute atomic E-state index is 0.385. The number of oxazole rings is 1. The largest absolute Gasteiger partial charge is 0.496 e. The Hall–Kier alpha value is -4.14. The molecular weight excluding hydrogens is 448 g/mol. The van der Waals surface area contributed by atoms with E-state index in [0.29, 0.717) is 17.9 Å². The van der Waals surface area contributed by atoms with Crippen molar-refractivity contribution < 1.29 is 18.4 Å². The van der Waals surface area contributed by atoms with E-state index in [0.717, 1.165) is 57.5 Å². The van der Waals surface area contributed by atoms with Crippen LogP contribution in [0.4, 0.5) is 0 Å². The summed E-state index contributed by atoms with van der Waals surface area (Å²) in [6.45, 7) is 3.94. The minimum Gasteiger partial charge on any atom is -0.496 e. The second-order valence-corrected chi connectivity index (χ2v) is 8.24. The van der Waals surface area contributed by atoms with Crippen LogP contribution in [0.3, 0.4) is 0 Å². The fourth-order valence-corrected chi connectivity index (χ4v) is 4.19. The maximum absolute atomic E-state index is 12.1. The fraction of sp³-hybridized carbons (Fsp3) is 0.308. The number of benzene rings is 2. The molecule has 0 amide bonds. The van der Waals surface area contributed by atoms with Crippen LogP contribution in [0.1, 0.15) is 46.5 Å². The molecule has 0 spiro atoms. The molecule has 2 heterocycles. The van der Waals surface area contributed by atoms with Crippen molar-refractivity contribution in [3.63, 3.8) is 0 Å². The zero-order valence-electron chi connectivity index (χ0n) is 20.5. The maximum atomic E-state index is 12.1. The lowest BCUT2D eigenvalue weighted by Crippen LogP contribution is -2.08. The van der Waals surface area contributed by atoms with Crippen LogP contribution in [-0.4, -0.2) is 35.2 Å². The molecule has 0 radical (unpaired) electrons. The molecule has 0 aliphatic carbocycles. The molecule has 4 rings (SSSR count). The van der Waals surface area contributed by atoms with E-state index in [1.807, 2.05) is 32.0 Å². The van der Waals surface area contributed by atoms with E-state index in [2.05, 4.69) is 27.5 Å². The molecule has 4 aromatic rings. The molecule has 2 aromatic heterocycles. The van der Waals surface area contributed by atoms with E-state index in [4.69, 9.17) is 18.4 Å². The third kappa shape index (κ3) is 5.03. The van der Waals surface area contributed by atoms with E-state index in [9.17, 15) is 4.79 Å². The molecule has 0 aliphatic rings. The molecule has 0 bridgehead atoms. The molecule has 2 aromatic carbocycles. The van der Waals surface area contributed by atoms with Gasteiger partial charge in [-0.1, -0.05) is 11.2 Å². The molecule has 0 N–H and O–H groups in total. The van der Waals surface area contributed by atoms with Gasteiger partial charge in [0, 0.05) is 19.0 Å². The summed E-state index contributed by atoms with van der Waals surface area (Å²) in [5.41, 5.74) is 6.98. The van der Waals surface area contributed by atoms with Gasteiger partial charge in [0.2, 0.25) is 12.3 Å². The quantitative estimate of drug-likeness (QED) is 0.198. The number of unbranched alkanes of at least 4 members (excludes halogenated alkanes) is 1. The number of nitrogens with zero attached hydrogens (tertiary/aromatic N) is 4. The molecule has 0 unspecified atom stereocenters. The highest BCUT2D eigenvalue weighted by Crippen LogP contribution is 2.33. The van der Waals surface area contributed by atoms with Crippen LogP contribution in [0, 0.1) is 13.8 Å². The fourth-order valence-electron chi connectivity index (χ4n) is 4.19. The molecule has 9 heteroatoms. The highest BCUT2D eigenvalue weighted by atomic mass is 16.6. The van der Waals surface area contributed by atoms with Gasteiger partial charge in [-0.25, -0.2) is 4.79 Å². The number of ether oxygens (including phenoxy) is 1. The SMILES string of the molecule is CO/N=C/c1cc(/C(=C/CCCc2nnco2)c2cc(C)c3oc(=O)n(C)c3c2)cc(C)c1OC. The van der Waals surface area contributed by atoms with E-state index < -0.39 is 0 Å². The first kappa shape index (κ1) is 24.0. The summed E-state index contributed by atoms with van der Waals surface area (Å²) in [4.78, 5) is 17.0. The zero-order chi connectivity index (χ0) is 24.9. The van der Waals surface area contributed by atoms with Crippen molar-refractivity contribution in [3.05, 3.63) is 81.0 Å². The van der Waals surface area contributed by atoms with E-state index in [1.54, 1.807) is 20.4 Å². The van der Waals surface area contributed by atoms with Crippen molar-refractivity contribution >= 4 is 22.9 Å². The Morgan fingerprint density at radius 2 is 1.91 bits per heavy atom. The average molecular weight is 477 g/mol. The number of rotatable bonds is 9. The number of allylic oxidation sites excluding steroid dienone is 1.